The predicted octanol–water partition coefficient (Wildman–Crippen LogP) is 4.58. The lowest BCUT2D eigenvalue weighted by molar-refractivity contribution is -0.0498. The van der Waals surface area contributed by atoms with Crippen LogP contribution in [0.1, 0.15) is 40.0 Å². The van der Waals surface area contributed by atoms with E-state index < -0.39 is 6.61 Å². The van der Waals surface area contributed by atoms with Gasteiger partial charge < -0.3 is 15.0 Å². The van der Waals surface area contributed by atoms with E-state index in [1.165, 1.54) is 36.2 Å². The number of aromatic nitrogens is 1. The Morgan fingerprint density at radius 2 is 1.96 bits per heavy atom. The SMILES string of the molecule is O=C(NCc1cccc(OC(F)F)c1)c1cccc2c3c([nH]c12)CCCC3. The van der Waals surface area contributed by atoms with E-state index in [1.807, 2.05) is 6.07 Å². The molecule has 0 spiro atoms. The van der Waals surface area contributed by atoms with Crippen LogP contribution in [0.2, 0.25) is 0 Å². The number of amides is 1. The number of hydrogen-bond acceptors (Lipinski definition) is 2. The number of hydrogen-bond donors (Lipinski definition) is 2. The Labute approximate surface area is 155 Å². The number of carbonyl (C=O) groups excluding carboxylic acids is 1. The number of ether oxygens (including phenoxy) is 1. The number of carbonyl (C=O) groups is 1. The topological polar surface area (TPSA) is 54.1 Å². The van der Waals surface area contributed by atoms with Crippen molar-refractivity contribution >= 4 is 16.8 Å². The van der Waals surface area contributed by atoms with Gasteiger partial charge in [0.1, 0.15) is 5.75 Å². The largest absolute Gasteiger partial charge is 0.435 e. The van der Waals surface area contributed by atoms with Gasteiger partial charge in [0.2, 0.25) is 0 Å². The van der Waals surface area contributed by atoms with E-state index in [-0.39, 0.29) is 18.2 Å². The number of rotatable bonds is 5. The van der Waals surface area contributed by atoms with Crippen LogP contribution in [0.4, 0.5) is 8.78 Å². The van der Waals surface area contributed by atoms with E-state index >= 15 is 0 Å². The Morgan fingerprint density at radius 1 is 1.15 bits per heavy atom. The first-order valence-corrected chi connectivity index (χ1v) is 9.06. The quantitative estimate of drug-likeness (QED) is 0.691. The highest BCUT2D eigenvalue weighted by Gasteiger charge is 2.19. The molecule has 0 aliphatic heterocycles. The first-order chi connectivity index (χ1) is 13.1. The summed E-state index contributed by atoms with van der Waals surface area (Å²) in [7, 11) is 0. The third-order valence-corrected chi connectivity index (χ3v) is 4.95. The van der Waals surface area contributed by atoms with Crippen LogP contribution in [0.25, 0.3) is 10.9 Å². The lowest BCUT2D eigenvalue weighted by Gasteiger charge is -2.10. The smallest absolute Gasteiger partial charge is 0.387 e. The highest BCUT2D eigenvalue weighted by atomic mass is 19.3. The molecule has 0 radical (unpaired) electrons. The number of para-hydroxylation sites is 1. The van der Waals surface area contributed by atoms with E-state index in [0.29, 0.717) is 11.1 Å². The molecule has 6 heteroatoms. The van der Waals surface area contributed by atoms with E-state index in [1.54, 1.807) is 18.2 Å². The fourth-order valence-corrected chi connectivity index (χ4v) is 3.73. The molecule has 140 valence electrons. The minimum absolute atomic E-state index is 0.0795. The van der Waals surface area contributed by atoms with Crippen molar-refractivity contribution in [3.05, 3.63) is 64.8 Å². The molecular formula is C21H20F2N2O2. The van der Waals surface area contributed by atoms with Gasteiger partial charge in [-0.05, 0) is 55.0 Å². The van der Waals surface area contributed by atoms with Crippen molar-refractivity contribution in [2.45, 2.75) is 38.8 Å². The lowest BCUT2D eigenvalue weighted by Crippen LogP contribution is -2.23. The van der Waals surface area contributed by atoms with Crippen molar-refractivity contribution in [2.75, 3.05) is 0 Å². The lowest BCUT2D eigenvalue weighted by atomic mass is 9.95. The van der Waals surface area contributed by atoms with Gasteiger partial charge in [-0.1, -0.05) is 24.3 Å². The molecule has 1 aromatic heterocycles. The summed E-state index contributed by atoms with van der Waals surface area (Å²) in [5, 5.41) is 3.98. The van der Waals surface area contributed by atoms with Gasteiger partial charge in [0, 0.05) is 17.6 Å². The molecule has 0 saturated heterocycles. The number of halogens is 2. The van der Waals surface area contributed by atoms with Gasteiger partial charge in [-0.3, -0.25) is 4.79 Å². The maximum absolute atomic E-state index is 12.7. The molecule has 1 amide bonds. The number of benzene rings is 2. The summed E-state index contributed by atoms with van der Waals surface area (Å²) in [5.74, 6) is -0.115. The molecule has 4 rings (SSSR count). The zero-order valence-electron chi connectivity index (χ0n) is 14.7. The van der Waals surface area contributed by atoms with Crippen LogP contribution < -0.4 is 10.1 Å². The maximum Gasteiger partial charge on any atom is 0.387 e. The normalized spacial score (nSPS) is 13.6. The molecule has 2 aromatic carbocycles. The number of H-pyrrole nitrogens is 1. The fourth-order valence-electron chi connectivity index (χ4n) is 3.73. The fraction of sp³-hybridized carbons (Fsp3) is 0.286. The molecule has 1 heterocycles. The van der Waals surface area contributed by atoms with Crippen LogP contribution in [-0.4, -0.2) is 17.5 Å². The Kier molecular flexibility index (Phi) is 4.79. The van der Waals surface area contributed by atoms with Gasteiger partial charge in [0.15, 0.2) is 0 Å². The monoisotopic (exact) mass is 370 g/mol. The summed E-state index contributed by atoms with van der Waals surface area (Å²) < 4.78 is 29.1. The summed E-state index contributed by atoms with van der Waals surface area (Å²) in [6, 6.07) is 12.1. The van der Waals surface area contributed by atoms with Crippen molar-refractivity contribution in [2.24, 2.45) is 0 Å². The van der Waals surface area contributed by atoms with E-state index in [4.69, 9.17) is 0 Å². The average molecular weight is 370 g/mol. The van der Waals surface area contributed by atoms with Gasteiger partial charge in [-0.15, -0.1) is 0 Å². The van der Waals surface area contributed by atoms with E-state index in [9.17, 15) is 13.6 Å². The second-order valence-corrected chi connectivity index (χ2v) is 6.73. The summed E-state index contributed by atoms with van der Waals surface area (Å²) in [4.78, 5) is 16.2. The summed E-state index contributed by atoms with van der Waals surface area (Å²) >= 11 is 0. The molecule has 0 fully saturated rings. The molecule has 0 atom stereocenters. The minimum atomic E-state index is -2.87. The number of alkyl halides is 2. The Balaban J connectivity index is 1.53. The van der Waals surface area contributed by atoms with Gasteiger partial charge in [0.25, 0.3) is 5.91 Å². The Hall–Kier alpha value is -2.89. The molecule has 1 aliphatic rings. The molecule has 3 aromatic rings. The highest BCUT2D eigenvalue weighted by Crippen LogP contribution is 2.30. The summed E-state index contributed by atoms with van der Waals surface area (Å²) in [6.07, 6.45) is 4.39. The third kappa shape index (κ3) is 3.65. The molecule has 1 aliphatic carbocycles. The molecule has 0 unspecified atom stereocenters. The molecular weight excluding hydrogens is 350 g/mol. The molecule has 4 nitrogen and oxygen atoms in total. The molecule has 27 heavy (non-hydrogen) atoms. The molecule has 0 bridgehead atoms. The molecule has 0 saturated carbocycles. The van der Waals surface area contributed by atoms with Crippen LogP contribution in [0.3, 0.4) is 0 Å². The van der Waals surface area contributed by atoms with Crippen LogP contribution in [0.15, 0.2) is 42.5 Å². The molecule has 2 N–H and O–H groups in total. The Bertz CT molecular complexity index is 981. The second-order valence-electron chi connectivity index (χ2n) is 6.73. The van der Waals surface area contributed by atoms with Crippen LogP contribution in [0, 0.1) is 0 Å². The van der Waals surface area contributed by atoms with E-state index in [2.05, 4.69) is 21.1 Å². The van der Waals surface area contributed by atoms with Gasteiger partial charge in [0.05, 0.1) is 11.1 Å². The minimum Gasteiger partial charge on any atom is -0.435 e. The zero-order chi connectivity index (χ0) is 18.8. The number of aromatic amines is 1. The summed E-state index contributed by atoms with van der Waals surface area (Å²) in [6.45, 7) is -2.64. The van der Waals surface area contributed by atoms with E-state index in [0.717, 1.165) is 23.7 Å². The standard InChI is InChI=1S/C21H20F2N2O2/c22-21(23)27-14-6-3-5-13(11-14)12-24-20(26)17-9-4-8-16-15-7-1-2-10-18(15)25-19(16)17/h3-6,8-9,11,21,25H,1-2,7,10,12H2,(H,24,26). The number of aryl methyl sites for hydroxylation is 2. The number of fused-ring (bicyclic) bond motifs is 3. The van der Waals surface area contributed by atoms with Crippen molar-refractivity contribution in [3.8, 4) is 5.75 Å². The summed E-state index contributed by atoms with van der Waals surface area (Å²) in [5.41, 5.74) is 4.72. The predicted molar refractivity (Wildman–Crippen MR) is 99.2 cm³/mol. The maximum atomic E-state index is 12.7. The van der Waals surface area contributed by atoms with Gasteiger partial charge >= 0.3 is 6.61 Å². The second kappa shape index (κ2) is 7.39. The van der Waals surface area contributed by atoms with Crippen molar-refractivity contribution in [1.82, 2.24) is 10.3 Å². The van der Waals surface area contributed by atoms with Crippen molar-refractivity contribution in [3.63, 3.8) is 0 Å². The first-order valence-electron chi connectivity index (χ1n) is 9.06. The zero-order valence-corrected chi connectivity index (χ0v) is 14.7. The van der Waals surface area contributed by atoms with Crippen molar-refractivity contribution in [1.29, 1.82) is 0 Å². The van der Waals surface area contributed by atoms with Crippen LogP contribution in [0.5, 0.6) is 5.75 Å². The highest BCUT2D eigenvalue weighted by molar-refractivity contribution is 6.06. The average Bonchev–Trinajstić information content (AvgIpc) is 3.04. The third-order valence-electron chi connectivity index (χ3n) is 4.95. The first kappa shape index (κ1) is 17.5. The number of nitrogens with one attached hydrogen (secondary N) is 2. The van der Waals surface area contributed by atoms with Crippen LogP contribution in [-0.2, 0) is 19.4 Å². The van der Waals surface area contributed by atoms with Gasteiger partial charge in [-0.25, -0.2) is 0 Å². The van der Waals surface area contributed by atoms with Crippen molar-refractivity contribution < 1.29 is 18.3 Å². The van der Waals surface area contributed by atoms with Gasteiger partial charge in [-0.2, -0.15) is 8.78 Å². The van der Waals surface area contributed by atoms with Crippen LogP contribution >= 0.6 is 0 Å². The Morgan fingerprint density at radius 3 is 2.81 bits per heavy atom.